The third kappa shape index (κ3) is 1.06. The van der Waals surface area contributed by atoms with Gasteiger partial charge in [0.1, 0.15) is 6.10 Å². The van der Waals surface area contributed by atoms with Crippen LogP contribution in [0.15, 0.2) is 0 Å². The van der Waals surface area contributed by atoms with Crippen molar-refractivity contribution in [1.82, 2.24) is 0 Å². The average molecular weight is 198 g/mol. The summed E-state index contributed by atoms with van der Waals surface area (Å²) in [6, 6.07) is 0. The van der Waals surface area contributed by atoms with Gasteiger partial charge < -0.3 is 9.84 Å². The van der Waals surface area contributed by atoms with Gasteiger partial charge in [0.2, 0.25) is 0 Å². The third-order valence-electron chi connectivity index (χ3n) is 3.60. The first-order valence-corrected chi connectivity index (χ1v) is 4.88. The molecule has 1 aliphatic heterocycles. The van der Waals surface area contributed by atoms with Crippen molar-refractivity contribution in [2.24, 2.45) is 17.3 Å². The van der Waals surface area contributed by atoms with Crippen molar-refractivity contribution in [3.05, 3.63) is 0 Å². The maximum absolute atomic E-state index is 11.5. The minimum Gasteiger partial charge on any atom is -0.481 e. The van der Waals surface area contributed by atoms with Crippen molar-refractivity contribution in [3.8, 4) is 0 Å². The molecule has 1 saturated carbocycles. The Morgan fingerprint density at radius 3 is 2.71 bits per heavy atom. The summed E-state index contributed by atoms with van der Waals surface area (Å²) in [6.45, 7) is 3.68. The summed E-state index contributed by atoms with van der Waals surface area (Å²) >= 11 is 0. The van der Waals surface area contributed by atoms with Gasteiger partial charge in [-0.15, -0.1) is 0 Å². The number of carboxylic acids is 1. The summed E-state index contributed by atoms with van der Waals surface area (Å²) < 4.78 is 5.15. The minimum absolute atomic E-state index is 0.0797. The van der Waals surface area contributed by atoms with Gasteiger partial charge in [-0.25, -0.2) is 0 Å². The van der Waals surface area contributed by atoms with E-state index in [-0.39, 0.29) is 11.9 Å². The SMILES string of the molecule is CC1(C)C(=O)O[C@H]2[C@@H](C(=O)O)CC[C@H]21. The molecule has 2 rings (SSSR count). The molecule has 0 amide bonds. The molecule has 78 valence electrons. The molecule has 3 atom stereocenters. The fraction of sp³-hybridized carbons (Fsp3) is 0.800. The number of carbonyl (C=O) groups excluding carboxylic acids is 1. The van der Waals surface area contributed by atoms with E-state index in [9.17, 15) is 9.59 Å². The van der Waals surface area contributed by atoms with Gasteiger partial charge in [0.15, 0.2) is 0 Å². The molecule has 14 heavy (non-hydrogen) atoms. The fourth-order valence-corrected chi connectivity index (χ4v) is 2.59. The molecule has 4 nitrogen and oxygen atoms in total. The zero-order chi connectivity index (χ0) is 10.5. The molecule has 0 aromatic rings. The predicted molar refractivity (Wildman–Crippen MR) is 47.5 cm³/mol. The van der Waals surface area contributed by atoms with Gasteiger partial charge in [-0.2, -0.15) is 0 Å². The van der Waals surface area contributed by atoms with Gasteiger partial charge in [-0.05, 0) is 26.7 Å². The standard InChI is InChI=1S/C10H14O4/c1-10(2)6-4-3-5(8(11)12)7(6)14-9(10)13/h5-7H,3-4H2,1-2H3,(H,11,12)/t5-,6+,7-/m0/s1. The molecule has 0 spiro atoms. The smallest absolute Gasteiger partial charge is 0.312 e. The number of hydrogen-bond donors (Lipinski definition) is 1. The van der Waals surface area contributed by atoms with Gasteiger partial charge in [-0.1, -0.05) is 0 Å². The lowest BCUT2D eigenvalue weighted by atomic mass is 9.79. The maximum Gasteiger partial charge on any atom is 0.312 e. The van der Waals surface area contributed by atoms with E-state index < -0.39 is 23.4 Å². The van der Waals surface area contributed by atoms with Crippen molar-refractivity contribution >= 4 is 11.9 Å². The van der Waals surface area contributed by atoms with Crippen LogP contribution in [0.5, 0.6) is 0 Å². The van der Waals surface area contributed by atoms with Crippen LogP contribution in [0.3, 0.4) is 0 Å². The first kappa shape index (κ1) is 9.49. The van der Waals surface area contributed by atoms with Crippen molar-refractivity contribution in [1.29, 1.82) is 0 Å². The monoisotopic (exact) mass is 198 g/mol. The lowest BCUT2D eigenvalue weighted by Gasteiger charge is -2.19. The van der Waals surface area contributed by atoms with E-state index in [1.54, 1.807) is 0 Å². The maximum atomic E-state index is 11.5. The molecule has 1 aliphatic carbocycles. The second kappa shape index (κ2) is 2.72. The summed E-state index contributed by atoms with van der Waals surface area (Å²) in [4.78, 5) is 22.3. The molecule has 1 saturated heterocycles. The van der Waals surface area contributed by atoms with Crippen molar-refractivity contribution in [2.75, 3.05) is 0 Å². The predicted octanol–water partition coefficient (Wildman–Crippen LogP) is 1.05. The molecule has 1 heterocycles. The van der Waals surface area contributed by atoms with Crippen LogP contribution in [0, 0.1) is 17.3 Å². The Morgan fingerprint density at radius 2 is 2.14 bits per heavy atom. The van der Waals surface area contributed by atoms with Crippen molar-refractivity contribution < 1.29 is 19.4 Å². The van der Waals surface area contributed by atoms with E-state index >= 15 is 0 Å². The molecule has 0 bridgehead atoms. The summed E-state index contributed by atoms with van der Waals surface area (Å²) in [6.07, 6.45) is 1.01. The van der Waals surface area contributed by atoms with Crippen molar-refractivity contribution in [2.45, 2.75) is 32.8 Å². The Balaban J connectivity index is 2.25. The molecule has 0 radical (unpaired) electrons. The second-order valence-corrected chi connectivity index (χ2v) is 4.72. The van der Waals surface area contributed by atoms with Gasteiger partial charge in [0.05, 0.1) is 11.3 Å². The van der Waals surface area contributed by atoms with Gasteiger partial charge in [-0.3, -0.25) is 9.59 Å². The minimum atomic E-state index is -0.844. The number of ether oxygens (including phenoxy) is 1. The molecule has 0 unspecified atom stereocenters. The lowest BCUT2D eigenvalue weighted by Crippen LogP contribution is -2.28. The van der Waals surface area contributed by atoms with Gasteiger partial charge in [0.25, 0.3) is 0 Å². The van der Waals surface area contributed by atoms with Crippen LogP contribution in [0.25, 0.3) is 0 Å². The van der Waals surface area contributed by atoms with Crippen LogP contribution in [0.4, 0.5) is 0 Å². The van der Waals surface area contributed by atoms with Gasteiger partial charge in [0, 0.05) is 5.92 Å². The van der Waals surface area contributed by atoms with Crippen LogP contribution >= 0.6 is 0 Å². The highest BCUT2D eigenvalue weighted by Gasteiger charge is 2.58. The highest BCUT2D eigenvalue weighted by Crippen LogP contribution is 2.50. The Morgan fingerprint density at radius 1 is 1.50 bits per heavy atom. The Hall–Kier alpha value is -1.06. The molecule has 2 fully saturated rings. The van der Waals surface area contributed by atoms with Crippen LogP contribution in [0.1, 0.15) is 26.7 Å². The first-order chi connectivity index (χ1) is 6.44. The second-order valence-electron chi connectivity index (χ2n) is 4.72. The number of esters is 1. The third-order valence-corrected chi connectivity index (χ3v) is 3.60. The number of rotatable bonds is 1. The first-order valence-electron chi connectivity index (χ1n) is 4.88. The summed E-state index contributed by atoms with van der Waals surface area (Å²) in [5.74, 6) is -1.51. The Bertz CT molecular complexity index is 294. The van der Waals surface area contributed by atoms with E-state index in [1.807, 2.05) is 13.8 Å². The fourth-order valence-electron chi connectivity index (χ4n) is 2.59. The highest BCUT2D eigenvalue weighted by atomic mass is 16.6. The molecule has 2 aliphatic rings. The van der Waals surface area contributed by atoms with E-state index in [1.165, 1.54) is 0 Å². The number of carbonyl (C=O) groups is 2. The summed E-state index contributed by atoms with van der Waals surface area (Å²) in [7, 11) is 0. The summed E-state index contributed by atoms with van der Waals surface area (Å²) in [5.41, 5.74) is -0.505. The number of hydrogen-bond acceptors (Lipinski definition) is 3. The van der Waals surface area contributed by atoms with Crippen LogP contribution in [-0.4, -0.2) is 23.1 Å². The zero-order valence-corrected chi connectivity index (χ0v) is 8.32. The average Bonchev–Trinajstić information content (AvgIpc) is 2.55. The normalized spacial score (nSPS) is 39.3. The van der Waals surface area contributed by atoms with E-state index in [4.69, 9.17) is 9.84 Å². The molecular formula is C10H14O4. The topological polar surface area (TPSA) is 63.6 Å². The molecule has 0 aromatic heterocycles. The zero-order valence-electron chi connectivity index (χ0n) is 8.32. The largest absolute Gasteiger partial charge is 0.481 e. The van der Waals surface area contributed by atoms with Gasteiger partial charge >= 0.3 is 11.9 Å². The van der Waals surface area contributed by atoms with Crippen LogP contribution < -0.4 is 0 Å². The molecule has 4 heteroatoms. The molecule has 1 N–H and O–H groups in total. The molecular weight excluding hydrogens is 184 g/mol. The van der Waals surface area contributed by atoms with E-state index in [0.29, 0.717) is 6.42 Å². The van der Waals surface area contributed by atoms with E-state index in [2.05, 4.69) is 0 Å². The lowest BCUT2D eigenvalue weighted by molar-refractivity contribution is -0.153. The number of fused-ring (bicyclic) bond motifs is 1. The van der Waals surface area contributed by atoms with Crippen LogP contribution in [0.2, 0.25) is 0 Å². The van der Waals surface area contributed by atoms with Crippen molar-refractivity contribution in [3.63, 3.8) is 0 Å². The van der Waals surface area contributed by atoms with E-state index in [0.717, 1.165) is 6.42 Å². The Labute approximate surface area is 82.2 Å². The molecule has 0 aromatic carbocycles. The number of aliphatic carboxylic acids is 1. The highest BCUT2D eigenvalue weighted by molar-refractivity contribution is 5.81. The summed E-state index contributed by atoms with van der Waals surface area (Å²) in [5, 5.41) is 8.93. The Kier molecular flexibility index (Phi) is 1.84. The quantitative estimate of drug-likeness (QED) is 0.639. The van der Waals surface area contributed by atoms with Crippen LogP contribution in [-0.2, 0) is 14.3 Å². The number of carboxylic acid groups (broad SMARTS) is 1.